The van der Waals surface area contributed by atoms with Crippen LogP contribution in [0.15, 0.2) is 302 Å². The van der Waals surface area contributed by atoms with Gasteiger partial charge in [-0.25, -0.2) is 0 Å². The van der Waals surface area contributed by atoms with E-state index in [4.69, 9.17) is 4.42 Å². The molecule has 14 rings (SSSR count). The maximum absolute atomic E-state index is 6.51. The smallest absolute Gasteiger partial charge is 0.143 e. The molecule has 2 heteroatoms. The van der Waals surface area contributed by atoms with Gasteiger partial charge >= 0.3 is 0 Å². The zero-order valence-electron chi connectivity index (χ0n) is 41.1. The molecule has 1 aromatic heterocycles. The van der Waals surface area contributed by atoms with Crippen molar-refractivity contribution in [2.75, 3.05) is 4.90 Å². The average molecular weight is 956 g/mol. The first-order valence-corrected chi connectivity index (χ1v) is 25.8. The third-order valence-corrected chi connectivity index (χ3v) is 15.4. The van der Waals surface area contributed by atoms with Gasteiger partial charge in [0.1, 0.15) is 11.2 Å². The fraction of sp³-hybridized carbons (Fsp3) is 0.0137. The second kappa shape index (κ2) is 18.4. The Bertz CT molecular complexity index is 4140. The first-order chi connectivity index (χ1) is 37.2. The molecule has 12 aromatic carbocycles. The molecule has 1 aliphatic carbocycles. The molecule has 0 N–H and O–H groups in total. The summed E-state index contributed by atoms with van der Waals surface area (Å²) in [6, 6.07) is 108. The van der Waals surface area contributed by atoms with Crippen LogP contribution >= 0.6 is 0 Å². The van der Waals surface area contributed by atoms with Gasteiger partial charge in [0.15, 0.2) is 0 Å². The second-order valence-electron chi connectivity index (χ2n) is 19.5. The van der Waals surface area contributed by atoms with Crippen LogP contribution in [0.25, 0.3) is 88.7 Å². The zero-order chi connectivity index (χ0) is 49.7. The van der Waals surface area contributed by atoms with Crippen LogP contribution in [0.2, 0.25) is 0 Å². The quantitative estimate of drug-likeness (QED) is 0.136. The van der Waals surface area contributed by atoms with E-state index >= 15 is 0 Å². The van der Waals surface area contributed by atoms with Gasteiger partial charge in [0, 0.05) is 33.4 Å². The van der Waals surface area contributed by atoms with E-state index in [0.717, 1.165) is 55.7 Å². The van der Waals surface area contributed by atoms with E-state index < -0.39 is 5.41 Å². The summed E-state index contributed by atoms with van der Waals surface area (Å²) in [4.78, 5) is 2.37. The van der Waals surface area contributed by atoms with Crippen LogP contribution in [0.1, 0.15) is 22.3 Å². The summed E-state index contributed by atoms with van der Waals surface area (Å²) in [5, 5.41) is 2.25. The molecule has 0 spiro atoms. The molecule has 0 saturated carbocycles. The first kappa shape index (κ1) is 44.0. The molecular weight excluding hydrogens is 907 g/mol. The van der Waals surface area contributed by atoms with Gasteiger partial charge in [-0.3, -0.25) is 0 Å². The number of benzene rings is 12. The Balaban J connectivity index is 0.886. The highest BCUT2D eigenvalue weighted by atomic mass is 16.3. The highest BCUT2D eigenvalue weighted by Crippen LogP contribution is 2.58. The minimum Gasteiger partial charge on any atom is -0.455 e. The Kier molecular flexibility index (Phi) is 10.8. The van der Waals surface area contributed by atoms with E-state index in [-0.39, 0.29) is 0 Å². The molecular formula is C73H49NO. The highest BCUT2D eigenvalue weighted by molar-refractivity contribution is 6.09. The van der Waals surface area contributed by atoms with Crippen molar-refractivity contribution in [2.24, 2.45) is 0 Å². The maximum Gasteiger partial charge on any atom is 0.143 e. The van der Waals surface area contributed by atoms with Crippen LogP contribution in [0.3, 0.4) is 0 Å². The lowest BCUT2D eigenvalue weighted by Crippen LogP contribution is -2.28. The third kappa shape index (κ3) is 7.41. The Morgan fingerprint density at radius 3 is 1.35 bits per heavy atom. The number of nitrogens with zero attached hydrogens (tertiary/aromatic N) is 1. The van der Waals surface area contributed by atoms with E-state index in [2.05, 4.69) is 290 Å². The van der Waals surface area contributed by atoms with Gasteiger partial charge in [-0.15, -0.1) is 0 Å². The number of rotatable bonds is 10. The van der Waals surface area contributed by atoms with Gasteiger partial charge in [-0.1, -0.05) is 249 Å². The minimum atomic E-state index is -0.471. The van der Waals surface area contributed by atoms with Crippen LogP contribution in [-0.2, 0) is 5.41 Å². The van der Waals surface area contributed by atoms with Crippen molar-refractivity contribution in [3.8, 4) is 66.8 Å². The fourth-order valence-corrected chi connectivity index (χ4v) is 12.0. The van der Waals surface area contributed by atoms with Crippen molar-refractivity contribution in [1.82, 2.24) is 0 Å². The number of anilines is 3. The molecule has 352 valence electrons. The normalized spacial score (nSPS) is 12.4. The summed E-state index contributed by atoms with van der Waals surface area (Å²) in [7, 11) is 0. The van der Waals surface area contributed by atoms with E-state index in [9.17, 15) is 0 Å². The minimum absolute atomic E-state index is 0.471. The van der Waals surface area contributed by atoms with Crippen molar-refractivity contribution in [3.05, 3.63) is 320 Å². The summed E-state index contributed by atoms with van der Waals surface area (Å²) in [6.45, 7) is 0. The summed E-state index contributed by atoms with van der Waals surface area (Å²) in [5.41, 5.74) is 23.9. The van der Waals surface area contributed by atoms with Gasteiger partial charge in [0.2, 0.25) is 0 Å². The molecule has 0 amide bonds. The highest BCUT2D eigenvalue weighted by Gasteiger charge is 2.46. The first-order valence-electron chi connectivity index (χ1n) is 25.8. The van der Waals surface area contributed by atoms with Gasteiger partial charge in [0.05, 0.1) is 5.41 Å². The van der Waals surface area contributed by atoms with E-state index in [1.807, 2.05) is 12.1 Å². The van der Waals surface area contributed by atoms with E-state index in [1.165, 1.54) is 72.3 Å². The molecule has 0 fully saturated rings. The van der Waals surface area contributed by atoms with Gasteiger partial charge in [-0.2, -0.15) is 0 Å². The summed E-state index contributed by atoms with van der Waals surface area (Å²) in [5.74, 6) is 0. The second-order valence-corrected chi connectivity index (χ2v) is 19.5. The lowest BCUT2D eigenvalue weighted by atomic mass is 9.67. The molecule has 0 atom stereocenters. The predicted octanol–water partition coefficient (Wildman–Crippen LogP) is 19.8. The van der Waals surface area contributed by atoms with Crippen LogP contribution in [0, 0.1) is 0 Å². The van der Waals surface area contributed by atoms with Crippen LogP contribution in [0.5, 0.6) is 0 Å². The van der Waals surface area contributed by atoms with Crippen LogP contribution < -0.4 is 4.90 Å². The molecule has 1 heterocycles. The molecule has 0 unspecified atom stereocenters. The third-order valence-electron chi connectivity index (χ3n) is 15.4. The summed E-state index contributed by atoms with van der Waals surface area (Å²) >= 11 is 0. The lowest BCUT2D eigenvalue weighted by molar-refractivity contribution is 0.670. The Morgan fingerprint density at radius 2 is 0.707 bits per heavy atom. The molecule has 0 saturated heterocycles. The maximum atomic E-state index is 6.51. The molecule has 13 aromatic rings. The molecule has 0 aliphatic heterocycles. The number of hydrogen-bond acceptors (Lipinski definition) is 2. The SMILES string of the molecule is c1ccc(-c2ccc(-c3ccc(N(c4ccc(-c5cccc6c5-c5ccccc5C6(c5ccccc5)c5ccccc5)cc4)c4ccc(-c5cccc6c5oc5ccccc56)cc4)cc3)c(-c3ccccc3)c2)cc1. The predicted molar refractivity (Wildman–Crippen MR) is 313 cm³/mol. The van der Waals surface area contributed by atoms with E-state index in [0.29, 0.717) is 0 Å². The molecule has 1 aliphatic rings. The molecule has 75 heavy (non-hydrogen) atoms. The van der Waals surface area contributed by atoms with Crippen LogP contribution in [0.4, 0.5) is 17.1 Å². The van der Waals surface area contributed by atoms with Gasteiger partial charge in [0.25, 0.3) is 0 Å². The number of hydrogen-bond donors (Lipinski definition) is 0. The van der Waals surface area contributed by atoms with Crippen molar-refractivity contribution < 1.29 is 4.42 Å². The monoisotopic (exact) mass is 955 g/mol. The molecule has 0 radical (unpaired) electrons. The van der Waals surface area contributed by atoms with Crippen molar-refractivity contribution in [1.29, 1.82) is 0 Å². The van der Waals surface area contributed by atoms with Crippen molar-refractivity contribution in [3.63, 3.8) is 0 Å². The number of fused-ring (bicyclic) bond motifs is 6. The Hall–Kier alpha value is -9.76. The topological polar surface area (TPSA) is 16.4 Å². The van der Waals surface area contributed by atoms with Crippen molar-refractivity contribution in [2.45, 2.75) is 5.41 Å². The van der Waals surface area contributed by atoms with Crippen LogP contribution in [-0.4, -0.2) is 0 Å². The van der Waals surface area contributed by atoms with Crippen molar-refractivity contribution >= 4 is 39.0 Å². The Labute approximate surface area is 437 Å². The number of para-hydroxylation sites is 2. The standard InChI is InChI=1S/C73H49NO/c1-5-19-50(20-6-1)55-41-48-61(67(49-55)51-21-7-2-8-22-51)52-35-42-58(43-36-52)74(60-46-39-54(40-47-60)63-30-17-31-65-64-27-14-16-34-70(64)75-72(63)65)59-44-37-53(38-45-59)62-29-18-33-69-71(62)66-28-13-15-32-68(66)73(69,56-23-9-3-10-24-56)57-25-11-4-12-26-57/h1-49H. The van der Waals surface area contributed by atoms with Gasteiger partial charge in [-0.05, 0) is 132 Å². The fourth-order valence-electron chi connectivity index (χ4n) is 12.0. The molecule has 2 nitrogen and oxygen atoms in total. The Morgan fingerprint density at radius 1 is 0.267 bits per heavy atom. The lowest BCUT2D eigenvalue weighted by Gasteiger charge is -2.34. The number of furan rings is 1. The van der Waals surface area contributed by atoms with E-state index in [1.54, 1.807) is 0 Å². The average Bonchev–Trinajstić information content (AvgIpc) is 4.13. The summed E-state index contributed by atoms with van der Waals surface area (Å²) < 4.78 is 6.51. The zero-order valence-corrected chi connectivity index (χ0v) is 41.1. The summed E-state index contributed by atoms with van der Waals surface area (Å²) in [6.07, 6.45) is 0. The largest absolute Gasteiger partial charge is 0.455 e. The molecule has 0 bridgehead atoms. The van der Waals surface area contributed by atoms with Gasteiger partial charge < -0.3 is 9.32 Å².